The number of imidazole rings is 1. The molecule has 2 aliphatic heterocycles. The Kier molecular flexibility index (Phi) is 7.86. The molecule has 36 heavy (non-hydrogen) atoms. The Labute approximate surface area is 202 Å². The molecule has 4 rings (SSSR count). The van der Waals surface area contributed by atoms with Crippen molar-refractivity contribution >= 4 is 46.4 Å². The van der Waals surface area contributed by atoms with E-state index in [1.165, 1.54) is 10.9 Å². The molecule has 202 valence electrons. The second kappa shape index (κ2) is 10.3. The van der Waals surface area contributed by atoms with Crippen LogP contribution >= 0.6 is 23.5 Å². The van der Waals surface area contributed by atoms with Crippen molar-refractivity contribution in [2.75, 3.05) is 43.5 Å². The molecule has 2 aromatic heterocycles. The molecule has 0 aromatic carbocycles. The van der Waals surface area contributed by atoms with Crippen LogP contribution in [0, 0.1) is 0 Å². The van der Waals surface area contributed by atoms with Gasteiger partial charge < -0.3 is 44.8 Å². The molecule has 2 unspecified atom stereocenters. The van der Waals surface area contributed by atoms with Crippen molar-refractivity contribution in [2.45, 2.75) is 24.9 Å². The predicted molar refractivity (Wildman–Crippen MR) is 117 cm³/mol. The summed E-state index contributed by atoms with van der Waals surface area (Å²) in [6, 6.07) is 0. The van der Waals surface area contributed by atoms with Gasteiger partial charge in [0, 0.05) is 19.5 Å². The van der Waals surface area contributed by atoms with Gasteiger partial charge in [-0.1, -0.05) is 0 Å². The van der Waals surface area contributed by atoms with Crippen molar-refractivity contribution in [3.63, 3.8) is 0 Å². The first kappa shape index (κ1) is 27.5. The molecule has 22 heteroatoms. The zero-order valence-electron chi connectivity index (χ0n) is 18.2. The highest BCUT2D eigenvalue weighted by Gasteiger charge is 2.43. The molecule has 0 saturated carbocycles. The largest absolute Gasteiger partial charge is 0.490 e. The minimum absolute atomic E-state index is 0.0199. The van der Waals surface area contributed by atoms with Crippen LogP contribution in [0.15, 0.2) is 6.33 Å². The van der Waals surface area contributed by atoms with E-state index in [0.717, 1.165) is 0 Å². The number of fused-ring (bicyclic) bond motifs is 1. The van der Waals surface area contributed by atoms with Crippen molar-refractivity contribution in [1.29, 1.82) is 0 Å². The molecule has 0 amide bonds. The van der Waals surface area contributed by atoms with Gasteiger partial charge in [0.25, 0.3) is 0 Å². The number of anilines is 2. The van der Waals surface area contributed by atoms with Gasteiger partial charge in [-0.2, -0.15) is 18.6 Å². The molecule has 19 nitrogen and oxygen atoms in total. The molecule has 0 spiro atoms. The summed E-state index contributed by atoms with van der Waals surface area (Å²) < 4.78 is 58.5. The number of nitrogens with two attached hydrogens (primary N) is 1. The van der Waals surface area contributed by atoms with Gasteiger partial charge in [-0.05, 0) is 0 Å². The van der Waals surface area contributed by atoms with E-state index >= 15 is 0 Å². The Bertz CT molecular complexity index is 1250. The van der Waals surface area contributed by atoms with Crippen molar-refractivity contribution in [2.24, 2.45) is 0 Å². The Balaban J connectivity index is 1.45. The van der Waals surface area contributed by atoms with Crippen LogP contribution in [0.2, 0.25) is 0 Å². The summed E-state index contributed by atoms with van der Waals surface area (Å²) in [5.74, 6) is 0.482. The highest BCUT2D eigenvalue weighted by Crippen LogP contribution is 2.66. The van der Waals surface area contributed by atoms with Crippen LogP contribution < -0.4 is 10.6 Å². The van der Waals surface area contributed by atoms with Crippen LogP contribution in [0.5, 0.6) is 0 Å². The van der Waals surface area contributed by atoms with Gasteiger partial charge in [0.2, 0.25) is 5.95 Å². The lowest BCUT2D eigenvalue weighted by Crippen LogP contribution is -2.37. The number of hydrogen-bond donors (Lipinski definition) is 6. The molecular weight excluding hydrogens is 553 g/mol. The number of aliphatic hydroxyl groups excluding tert-OH is 1. The summed E-state index contributed by atoms with van der Waals surface area (Å²) in [5.41, 5.74) is 6.64. The predicted octanol–water partition coefficient (Wildman–Crippen LogP) is -0.763. The lowest BCUT2D eigenvalue weighted by Gasteiger charge is -2.27. The molecule has 0 radical (unpaired) electrons. The molecule has 7 N–H and O–H groups in total. The highest BCUT2D eigenvalue weighted by molar-refractivity contribution is 7.66. The lowest BCUT2D eigenvalue weighted by molar-refractivity contribution is -0.0423. The molecule has 2 aromatic rings. The number of hydrogen-bond acceptors (Lipinski definition) is 14. The maximum absolute atomic E-state index is 11.9. The third-order valence-electron chi connectivity index (χ3n) is 5.06. The minimum atomic E-state index is -5.67. The Morgan fingerprint density at radius 2 is 1.78 bits per heavy atom. The first-order chi connectivity index (χ1) is 16.7. The smallest absolute Gasteiger partial charge is 0.390 e. The van der Waals surface area contributed by atoms with E-state index in [4.69, 9.17) is 25.0 Å². The van der Waals surface area contributed by atoms with E-state index in [0.29, 0.717) is 43.3 Å². The van der Waals surface area contributed by atoms with Gasteiger partial charge in [0.15, 0.2) is 17.0 Å². The van der Waals surface area contributed by atoms with Gasteiger partial charge in [0.05, 0.1) is 32.3 Å². The normalized spacial score (nSPS) is 26.7. The van der Waals surface area contributed by atoms with E-state index in [2.05, 4.69) is 28.1 Å². The molecule has 0 bridgehead atoms. The van der Waals surface area contributed by atoms with Crippen LogP contribution in [0.25, 0.3) is 11.2 Å². The van der Waals surface area contributed by atoms with Crippen molar-refractivity contribution in [1.82, 2.24) is 19.5 Å². The number of aliphatic hydroxyl groups is 1. The molecular formula is C14H23N6O13P3. The number of rotatable bonds is 9. The molecule has 5 atom stereocenters. The summed E-state index contributed by atoms with van der Waals surface area (Å²) in [7, 11) is -16.6. The number of aromatic nitrogens is 4. The van der Waals surface area contributed by atoms with Gasteiger partial charge in [-0.25, -0.2) is 18.7 Å². The third-order valence-corrected chi connectivity index (χ3v) is 8.87. The van der Waals surface area contributed by atoms with Crippen LogP contribution in [0.3, 0.4) is 0 Å². The summed E-state index contributed by atoms with van der Waals surface area (Å²) >= 11 is 0. The first-order valence-corrected chi connectivity index (χ1v) is 14.7. The molecule has 2 saturated heterocycles. The molecule has 2 aliphatic rings. The average molecular weight is 576 g/mol. The quantitative estimate of drug-likeness (QED) is 0.200. The monoisotopic (exact) mass is 576 g/mol. The van der Waals surface area contributed by atoms with E-state index in [-0.39, 0.29) is 12.4 Å². The SMILES string of the molecule is Nc1nc(N2CCOCC2)c2ncn([C@H]3C[C@H](O)[C@@H](COP(=O)(O)OP(=O)(O)OP(=O)(O)O)O3)c2n1. The third kappa shape index (κ3) is 6.65. The fourth-order valence-electron chi connectivity index (χ4n) is 3.63. The van der Waals surface area contributed by atoms with Crippen molar-refractivity contribution < 1.29 is 61.0 Å². The second-order valence-electron chi connectivity index (χ2n) is 7.65. The Morgan fingerprint density at radius 1 is 1.08 bits per heavy atom. The Hall–Kier alpha value is -1.56. The summed E-state index contributed by atoms with van der Waals surface area (Å²) in [4.78, 5) is 50.8. The van der Waals surface area contributed by atoms with Crippen LogP contribution in [0.4, 0.5) is 11.8 Å². The fourth-order valence-corrected chi connectivity index (χ4v) is 6.66. The number of nitrogens with zero attached hydrogens (tertiary/aromatic N) is 5. The van der Waals surface area contributed by atoms with E-state index in [9.17, 15) is 28.6 Å². The number of morpholine rings is 1. The summed E-state index contributed by atoms with van der Waals surface area (Å²) in [5, 5.41) is 10.4. The summed E-state index contributed by atoms with van der Waals surface area (Å²) in [6.45, 7) is 1.34. The summed E-state index contributed by atoms with van der Waals surface area (Å²) in [6.07, 6.45) is -1.91. The standard InChI is InChI=1S/C14H23N6O13P3/c15-14-17-12(19-1-3-29-4-2-19)11-13(18-14)20(7-16-11)10-5-8(21)9(31-10)6-30-35(25,26)33-36(27,28)32-34(22,23)24/h7-10,21H,1-6H2,(H,25,26)(H,27,28)(H2,15,17,18)(H2,22,23,24)/t8-,9+,10+/m0/s1. The molecule has 2 fully saturated rings. The van der Waals surface area contributed by atoms with Gasteiger partial charge >= 0.3 is 23.5 Å². The van der Waals surface area contributed by atoms with Crippen molar-refractivity contribution in [3.8, 4) is 0 Å². The maximum atomic E-state index is 11.9. The number of nitrogen functional groups attached to an aromatic ring is 1. The van der Waals surface area contributed by atoms with Crippen LogP contribution in [-0.4, -0.2) is 89.3 Å². The minimum Gasteiger partial charge on any atom is -0.390 e. The van der Waals surface area contributed by atoms with E-state index < -0.39 is 48.5 Å². The molecule has 0 aliphatic carbocycles. The highest BCUT2D eigenvalue weighted by atomic mass is 31.3. The van der Waals surface area contributed by atoms with Crippen LogP contribution in [-0.2, 0) is 36.3 Å². The number of phosphoric ester groups is 1. The second-order valence-corrected chi connectivity index (χ2v) is 12.1. The fraction of sp³-hybridized carbons (Fsp3) is 0.643. The number of ether oxygens (including phenoxy) is 2. The van der Waals surface area contributed by atoms with Gasteiger partial charge in [0.1, 0.15) is 12.3 Å². The Morgan fingerprint density at radius 3 is 2.44 bits per heavy atom. The lowest BCUT2D eigenvalue weighted by atomic mass is 10.2. The first-order valence-electron chi connectivity index (χ1n) is 10.2. The topological polar surface area (TPSA) is 271 Å². The van der Waals surface area contributed by atoms with E-state index in [1.807, 2.05) is 4.90 Å². The molecule has 4 heterocycles. The van der Waals surface area contributed by atoms with Crippen LogP contribution in [0.1, 0.15) is 12.6 Å². The maximum Gasteiger partial charge on any atom is 0.490 e. The number of phosphoric acid groups is 3. The van der Waals surface area contributed by atoms with Gasteiger partial charge in [-0.15, -0.1) is 0 Å². The van der Waals surface area contributed by atoms with Gasteiger partial charge in [-0.3, -0.25) is 9.09 Å². The van der Waals surface area contributed by atoms with Crippen molar-refractivity contribution in [3.05, 3.63) is 6.33 Å². The zero-order valence-corrected chi connectivity index (χ0v) is 20.9. The van der Waals surface area contributed by atoms with E-state index in [1.54, 1.807) is 0 Å². The average Bonchev–Trinajstić information content (AvgIpc) is 3.32. The zero-order chi connectivity index (χ0) is 26.3.